The Morgan fingerprint density at radius 2 is 1.76 bits per heavy atom. The summed E-state index contributed by atoms with van der Waals surface area (Å²) in [5.41, 5.74) is 3.84. The molecule has 1 aliphatic rings. The van der Waals surface area contributed by atoms with E-state index in [0.717, 1.165) is 36.0 Å². The predicted molar refractivity (Wildman–Crippen MR) is 171 cm³/mol. The summed E-state index contributed by atoms with van der Waals surface area (Å²) in [5, 5.41) is 35.8. The van der Waals surface area contributed by atoms with Crippen molar-refractivity contribution in [2.75, 3.05) is 32.0 Å². The number of benzene rings is 3. The van der Waals surface area contributed by atoms with Crippen LogP contribution in [0.25, 0.3) is 0 Å². The number of ether oxygens (including phenoxy) is 2. The van der Waals surface area contributed by atoms with E-state index in [1.54, 1.807) is 24.3 Å². The third kappa shape index (κ3) is 10.9. The number of nitrogens with zero attached hydrogens (tertiary/aromatic N) is 1. The van der Waals surface area contributed by atoms with Crippen molar-refractivity contribution in [2.24, 2.45) is 0 Å². The van der Waals surface area contributed by atoms with Gasteiger partial charge in [0.05, 0.1) is 24.9 Å². The number of aliphatic hydroxyl groups excluding tert-OH is 2. The molecule has 3 aromatic carbocycles. The Kier molecular flexibility index (Phi) is 12.9. The van der Waals surface area contributed by atoms with E-state index in [9.17, 15) is 24.9 Å². The molecule has 10 nitrogen and oxygen atoms in total. The van der Waals surface area contributed by atoms with Crippen LogP contribution in [0.3, 0.4) is 0 Å². The largest absolute Gasteiger partial charge is 0.508 e. The van der Waals surface area contributed by atoms with Gasteiger partial charge in [0.25, 0.3) is 0 Å². The number of rotatable bonds is 15. The van der Waals surface area contributed by atoms with Gasteiger partial charge < -0.3 is 40.3 Å². The molecule has 0 bridgehead atoms. The summed E-state index contributed by atoms with van der Waals surface area (Å²) in [5.74, 6) is -0.0210. The third-order valence-corrected chi connectivity index (χ3v) is 7.77. The summed E-state index contributed by atoms with van der Waals surface area (Å²) in [7, 11) is 1.92. The number of aliphatic hydroxyl groups is 2. The van der Waals surface area contributed by atoms with Crippen LogP contribution in [0.15, 0.2) is 72.8 Å². The van der Waals surface area contributed by atoms with Crippen LogP contribution in [-0.2, 0) is 25.7 Å². The molecule has 45 heavy (non-hydrogen) atoms. The number of unbranched alkanes of at least 4 members (excludes halogenated alkanes) is 2. The number of likely N-dealkylation sites (N-methyl/N-ethyl adjacent to an activating group) is 1. The summed E-state index contributed by atoms with van der Waals surface area (Å²) in [4.78, 5) is 25.6. The Hall–Kier alpha value is -3.80. The SMILES string of the molecule is CC(=O)NCCCCCC(=O)Nc1cccc(C2OC(CN(C)CC(O)c3cccc(O)c3)CC(c3ccc(CO)cc3)O2)c1. The molecule has 242 valence electrons. The maximum atomic E-state index is 12.6. The molecule has 0 saturated carbocycles. The first-order valence-corrected chi connectivity index (χ1v) is 15.5. The highest BCUT2D eigenvalue weighted by atomic mass is 16.7. The van der Waals surface area contributed by atoms with Crippen LogP contribution in [0.5, 0.6) is 5.75 Å². The van der Waals surface area contributed by atoms with E-state index in [2.05, 4.69) is 10.6 Å². The molecule has 4 atom stereocenters. The van der Waals surface area contributed by atoms with E-state index in [1.165, 1.54) is 6.92 Å². The number of nitrogens with one attached hydrogen (secondary N) is 2. The Morgan fingerprint density at radius 3 is 2.49 bits per heavy atom. The van der Waals surface area contributed by atoms with Gasteiger partial charge in [-0.1, -0.05) is 55.0 Å². The lowest BCUT2D eigenvalue weighted by Gasteiger charge is -2.38. The van der Waals surface area contributed by atoms with Crippen molar-refractivity contribution in [3.8, 4) is 5.75 Å². The van der Waals surface area contributed by atoms with Crippen molar-refractivity contribution in [3.63, 3.8) is 0 Å². The molecule has 4 unspecified atom stereocenters. The van der Waals surface area contributed by atoms with Gasteiger partial charge in [0, 0.05) is 50.7 Å². The van der Waals surface area contributed by atoms with E-state index in [4.69, 9.17) is 9.47 Å². The van der Waals surface area contributed by atoms with Crippen LogP contribution >= 0.6 is 0 Å². The minimum Gasteiger partial charge on any atom is -0.508 e. The van der Waals surface area contributed by atoms with Gasteiger partial charge in [0.2, 0.25) is 11.8 Å². The lowest BCUT2D eigenvalue weighted by atomic mass is 9.99. The Balaban J connectivity index is 1.41. The molecular formula is C35H45N3O7. The Bertz CT molecular complexity index is 1380. The minimum atomic E-state index is -0.780. The number of carbonyl (C=O) groups is 2. The van der Waals surface area contributed by atoms with Gasteiger partial charge in [-0.05, 0) is 60.8 Å². The number of hydrogen-bond acceptors (Lipinski definition) is 8. The fraction of sp³-hybridized carbons (Fsp3) is 0.429. The van der Waals surface area contributed by atoms with Gasteiger partial charge in [-0.3, -0.25) is 9.59 Å². The summed E-state index contributed by atoms with van der Waals surface area (Å²) >= 11 is 0. The highest BCUT2D eigenvalue weighted by Gasteiger charge is 2.33. The highest BCUT2D eigenvalue weighted by molar-refractivity contribution is 5.90. The maximum Gasteiger partial charge on any atom is 0.224 e. The second kappa shape index (κ2) is 17.0. The van der Waals surface area contributed by atoms with Gasteiger partial charge in [-0.2, -0.15) is 0 Å². The van der Waals surface area contributed by atoms with E-state index in [0.29, 0.717) is 43.7 Å². The van der Waals surface area contributed by atoms with Crippen molar-refractivity contribution in [3.05, 3.63) is 95.1 Å². The molecule has 0 radical (unpaired) electrons. The molecule has 4 rings (SSSR count). The molecule has 5 N–H and O–H groups in total. The monoisotopic (exact) mass is 619 g/mol. The average Bonchev–Trinajstić information content (AvgIpc) is 3.02. The fourth-order valence-electron chi connectivity index (χ4n) is 5.43. The standard InChI is InChI=1S/C35H45N3O7/c1-24(40)36-17-5-3-4-12-34(43)37-29-10-6-9-28(18-29)35-44-31(20-33(45-35)26-15-13-25(23-39)14-16-26)21-38(2)22-32(42)27-8-7-11-30(41)19-27/h6-11,13-16,18-19,31-33,35,39,41-42H,3-5,12,17,20-23H2,1-2H3,(H,36,40)(H,37,43). The smallest absolute Gasteiger partial charge is 0.224 e. The van der Waals surface area contributed by atoms with E-state index in [1.807, 2.05) is 60.5 Å². The molecule has 0 spiro atoms. The Morgan fingerprint density at radius 1 is 0.978 bits per heavy atom. The zero-order valence-corrected chi connectivity index (χ0v) is 26.0. The summed E-state index contributed by atoms with van der Waals surface area (Å²) in [6.07, 6.45) is 1.39. The molecule has 1 heterocycles. The molecule has 1 saturated heterocycles. The molecule has 0 aliphatic carbocycles. The lowest BCUT2D eigenvalue weighted by Crippen LogP contribution is -2.39. The molecule has 0 aromatic heterocycles. The Labute approximate surface area is 265 Å². The molecule has 3 aromatic rings. The van der Waals surface area contributed by atoms with Crippen LogP contribution in [0.1, 0.15) is 79.8 Å². The van der Waals surface area contributed by atoms with Gasteiger partial charge in [-0.25, -0.2) is 0 Å². The predicted octanol–water partition coefficient (Wildman–Crippen LogP) is 4.73. The number of aromatic hydroxyl groups is 1. The number of hydrogen-bond donors (Lipinski definition) is 5. The van der Waals surface area contributed by atoms with Crippen LogP contribution in [0.2, 0.25) is 0 Å². The number of amides is 2. The van der Waals surface area contributed by atoms with Crippen molar-refractivity contribution >= 4 is 17.5 Å². The lowest BCUT2D eigenvalue weighted by molar-refractivity contribution is -0.252. The van der Waals surface area contributed by atoms with Gasteiger partial charge in [-0.15, -0.1) is 0 Å². The normalized spacial score (nSPS) is 18.8. The molecule has 2 amide bonds. The maximum absolute atomic E-state index is 12.6. The number of phenols is 1. The zero-order valence-electron chi connectivity index (χ0n) is 26.0. The van der Waals surface area contributed by atoms with Crippen LogP contribution in [0.4, 0.5) is 5.69 Å². The second-order valence-corrected chi connectivity index (χ2v) is 11.6. The van der Waals surface area contributed by atoms with Gasteiger partial charge in [0.15, 0.2) is 6.29 Å². The fourth-order valence-corrected chi connectivity index (χ4v) is 5.43. The summed E-state index contributed by atoms with van der Waals surface area (Å²) < 4.78 is 12.9. The number of phenolic OH excluding ortho intramolecular Hbond substituents is 1. The quantitative estimate of drug-likeness (QED) is 0.154. The van der Waals surface area contributed by atoms with Crippen molar-refractivity contribution < 1.29 is 34.4 Å². The van der Waals surface area contributed by atoms with Crippen LogP contribution in [0, 0.1) is 0 Å². The second-order valence-electron chi connectivity index (χ2n) is 11.6. The van der Waals surface area contributed by atoms with E-state index in [-0.39, 0.29) is 36.4 Å². The first-order valence-electron chi connectivity index (χ1n) is 15.5. The first-order chi connectivity index (χ1) is 21.7. The molecule has 1 fully saturated rings. The van der Waals surface area contributed by atoms with Crippen LogP contribution < -0.4 is 10.6 Å². The number of anilines is 1. The molecule has 1 aliphatic heterocycles. The minimum absolute atomic E-state index is 0.0396. The first kappa shape index (κ1) is 34.1. The average molecular weight is 620 g/mol. The van der Waals surface area contributed by atoms with Crippen molar-refractivity contribution in [1.29, 1.82) is 0 Å². The molecular weight excluding hydrogens is 574 g/mol. The zero-order chi connectivity index (χ0) is 32.2. The summed E-state index contributed by atoms with van der Waals surface area (Å²) in [6, 6.07) is 21.8. The van der Waals surface area contributed by atoms with Gasteiger partial charge >= 0.3 is 0 Å². The number of carbonyl (C=O) groups excluding carboxylic acids is 2. The highest BCUT2D eigenvalue weighted by Crippen LogP contribution is 2.38. The van der Waals surface area contributed by atoms with Crippen molar-refractivity contribution in [2.45, 2.75) is 70.2 Å². The van der Waals surface area contributed by atoms with Crippen molar-refractivity contribution in [1.82, 2.24) is 10.2 Å². The van der Waals surface area contributed by atoms with Crippen LogP contribution in [-0.4, -0.2) is 64.8 Å². The molecule has 10 heteroatoms. The topological polar surface area (TPSA) is 141 Å². The third-order valence-electron chi connectivity index (χ3n) is 7.77. The summed E-state index contributed by atoms with van der Waals surface area (Å²) in [6.45, 7) is 2.94. The van der Waals surface area contributed by atoms with E-state index < -0.39 is 12.4 Å². The van der Waals surface area contributed by atoms with E-state index >= 15 is 0 Å². The van der Waals surface area contributed by atoms with Gasteiger partial charge in [0.1, 0.15) is 5.75 Å².